The maximum absolute atomic E-state index is 13.1. The second kappa shape index (κ2) is 10.7. The van der Waals surface area contributed by atoms with E-state index in [1.54, 1.807) is 49.4 Å². The first kappa shape index (κ1) is 23.9. The van der Waals surface area contributed by atoms with E-state index in [9.17, 15) is 9.59 Å². The van der Waals surface area contributed by atoms with Crippen molar-refractivity contribution in [3.63, 3.8) is 0 Å². The molecule has 1 saturated heterocycles. The molecule has 1 amide bonds. The van der Waals surface area contributed by atoms with Crippen LogP contribution in [-0.2, 0) is 14.3 Å². The summed E-state index contributed by atoms with van der Waals surface area (Å²) in [5, 5.41) is 0.366. The Morgan fingerprint density at radius 3 is 2.59 bits per heavy atom. The van der Waals surface area contributed by atoms with Crippen molar-refractivity contribution < 1.29 is 28.5 Å². The summed E-state index contributed by atoms with van der Waals surface area (Å²) >= 11 is 12.8. The van der Waals surface area contributed by atoms with Crippen LogP contribution >= 0.6 is 35.6 Å². The van der Waals surface area contributed by atoms with Crippen LogP contribution in [0.2, 0.25) is 5.02 Å². The number of hydrogen-bond donors (Lipinski definition) is 0. The van der Waals surface area contributed by atoms with Crippen molar-refractivity contribution in [3.8, 4) is 17.2 Å². The van der Waals surface area contributed by atoms with Crippen LogP contribution in [0.5, 0.6) is 17.2 Å². The monoisotopic (exact) mass is 493 g/mol. The maximum atomic E-state index is 13.1. The van der Waals surface area contributed by atoms with Crippen LogP contribution in [0.4, 0.5) is 5.69 Å². The smallest absolute Gasteiger partial charge is 0.344 e. The molecule has 1 heterocycles. The maximum Gasteiger partial charge on any atom is 0.344 e. The zero-order chi connectivity index (χ0) is 23.3. The average molecular weight is 494 g/mol. The molecule has 0 saturated carbocycles. The molecule has 0 N–H and O–H groups in total. The normalized spacial score (nSPS) is 14.6. The predicted octanol–water partition coefficient (Wildman–Crippen LogP) is 4.70. The Labute approximate surface area is 200 Å². The van der Waals surface area contributed by atoms with Gasteiger partial charge in [-0.3, -0.25) is 9.69 Å². The summed E-state index contributed by atoms with van der Waals surface area (Å²) in [5.41, 5.74) is 1.09. The second-order valence-electron chi connectivity index (χ2n) is 6.31. The van der Waals surface area contributed by atoms with Gasteiger partial charge in [0.25, 0.3) is 5.91 Å². The molecule has 2 aromatic carbocycles. The molecule has 0 aliphatic carbocycles. The number of benzene rings is 2. The highest BCUT2D eigenvalue weighted by atomic mass is 35.5. The van der Waals surface area contributed by atoms with Gasteiger partial charge in [0.05, 0.1) is 36.4 Å². The third-order valence-corrected chi connectivity index (χ3v) is 5.94. The summed E-state index contributed by atoms with van der Waals surface area (Å²) in [6, 6.07) is 10.2. The van der Waals surface area contributed by atoms with Gasteiger partial charge in [0.1, 0.15) is 5.75 Å². The fourth-order valence-electron chi connectivity index (χ4n) is 2.92. The van der Waals surface area contributed by atoms with Gasteiger partial charge in [-0.25, -0.2) is 4.79 Å². The molecule has 10 heteroatoms. The van der Waals surface area contributed by atoms with Gasteiger partial charge in [0.15, 0.2) is 22.4 Å². The molecule has 0 radical (unpaired) electrons. The van der Waals surface area contributed by atoms with E-state index in [0.29, 0.717) is 42.7 Å². The average Bonchev–Trinajstić information content (AvgIpc) is 3.05. The van der Waals surface area contributed by atoms with Crippen LogP contribution in [0.25, 0.3) is 6.08 Å². The van der Waals surface area contributed by atoms with Crippen LogP contribution in [0, 0.1) is 0 Å². The number of anilines is 1. The molecule has 0 aromatic heterocycles. The van der Waals surface area contributed by atoms with Gasteiger partial charge in [-0.1, -0.05) is 47.7 Å². The summed E-state index contributed by atoms with van der Waals surface area (Å²) in [6.45, 7) is 1.67. The van der Waals surface area contributed by atoms with Crippen molar-refractivity contribution in [1.82, 2.24) is 0 Å². The van der Waals surface area contributed by atoms with E-state index in [-0.39, 0.29) is 19.1 Å². The summed E-state index contributed by atoms with van der Waals surface area (Å²) in [5.74, 6) is 0.421. The number of para-hydroxylation sites is 1. The zero-order valence-corrected chi connectivity index (χ0v) is 19.9. The van der Waals surface area contributed by atoms with Crippen LogP contribution in [0.15, 0.2) is 41.3 Å². The molecule has 2 aromatic rings. The Morgan fingerprint density at radius 2 is 1.94 bits per heavy atom. The summed E-state index contributed by atoms with van der Waals surface area (Å²) in [6.07, 6.45) is 1.65. The number of hydrogen-bond acceptors (Lipinski definition) is 8. The van der Waals surface area contributed by atoms with Gasteiger partial charge in [-0.2, -0.15) is 0 Å². The van der Waals surface area contributed by atoms with E-state index in [2.05, 4.69) is 0 Å². The number of nitrogens with zero attached hydrogens (tertiary/aromatic N) is 1. The number of esters is 1. The van der Waals surface area contributed by atoms with Crippen molar-refractivity contribution in [2.75, 3.05) is 32.3 Å². The Morgan fingerprint density at radius 1 is 1.19 bits per heavy atom. The fraction of sp³-hybridized carbons (Fsp3) is 0.227. The predicted molar refractivity (Wildman–Crippen MR) is 129 cm³/mol. The summed E-state index contributed by atoms with van der Waals surface area (Å²) < 4.78 is 21.4. The number of carbonyl (C=O) groups is 2. The fourth-order valence-corrected chi connectivity index (χ4v) is 4.46. The SMILES string of the molecule is CCOC(=O)COc1c(/C=C2\SC(=S)N(c3ccc(OC)c(Cl)c3)C2=O)cccc1OC. The Bertz CT molecular complexity index is 1090. The van der Waals surface area contributed by atoms with E-state index in [0.717, 1.165) is 11.8 Å². The molecule has 1 aliphatic rings. The van der Waals surface area contributed by atoms with Gasteiger partial charge < -0.3 is 18.9 Å². The molecule has 0 atom stereocenters. The van der Waals surface area contributed by atoms with Crippen molar-refractivity contribution in [3.05, 3.63) is 51.9 Å². The van der Waals surface area contributed by atoms with Crippen LogP contribution in [0.3, 0.4) is 0 Å². The quantitative estimate of drug-likeness (QED) is 0.297. The van der Waals surface area contributed by atoms with Gasteiger partial charge in [-0.05, 0) is 37.3 Å². The highest BCUT2D eigenvalue weighted by molar-refractivity contribution is 8.27. The molecule has 0 unspecified atom stereocenters. The molecular formula is C22H20ClNO6S2. The van der Waals surface area contributed by atoms with Crippen molar-refractivity contribution in [1.29, 1.82) is 0 Å². The summed E-state index contributed by atoms with van der Waals surface area (Å²) in [4.78, 5) is 26.7. The first-order valence-electron chi connectivity index (χ1n) is 9.46. The minimum Gasteiger partial charge on any atom is -0.495 e. The lowest BCUT2D eigenvalue weighted by molar-refractivity contribution is -0.145. The zero-order valence-electron chi connectivity index (χ0n) is 17.5. The lowest BCUT2D eigenvalue weighted by atomic mass is 10.1. The van der Waals surface area contributed by atoms with E-state index >= 15 is 0 Å². The number of carbonyl (C=O) groups excluding carboxylic acids is 2. The first-order valence-corrected chi connectivity index (χ1v) is 11.1. The highest BCUT2D eigenvalue weighted by Crippen LogP contribution is 2.40. The van der Waals surface area contributed by atoms with E-state index < -0.39 is 5.97 Å². The first-order chi connectivity index (χ1) is 15.4. The topological polar surface area (TPSA) is 74.3 Å². The number of thioether (sulfide) groups is 1. The Hall–Kier alpha value is -2.75. The number of rotatable bonds is 8. The number of amides is 1. The van der Waals surface area contributed by atoms with Crippen LogP contribution < -0.4 is 19.1 Å². The lowest BCUT2D eigenvalue weighted by Gasteiger charge is -2.16. The third kappa shape index (κ3) is 5.17. The van der Waals surface area contributed by atoms with E-state index in [1.807, 2.05) is 0 Å². The molecular weight excluding hydrogens is 474 g/mol. The van der Waals surface area contributed by atoms with Crippen LogP contribution in [0.1, 0.15) is 12.5 Å². The molecule has 1 fully saturated rings. The minimum absolute atomic E-state index is 0.249. The van der Waals surface area contributed by atoms with Crippen molar-refractivity contribution >= 4 is 63.5 Å². The molecule has 32 heavy (non-hydrogen) atoms. The molecule has 3 rings (SSSR count). The van der Waals surface area contributed by atoms with E-state index in [1.165, 1.54) is 19.1 Å². The molecule has 0 bridgehead atoms. The Balaban J connectivity index is 1.91. The summed E-state index contributed by atoms with van der Waals surface area (Å²) in [7, 11) is 3.00. The van der Waals surface area contributed by atoms with Crippen LogP contribution in [-0.4, -0.2) is 43.6 Å². The van der Waals surface area contributed by atoms with Gasteiger partial charge in [0.2, 0.25) is 0 Å². The number of halogens is 1. The highest BCUT2D eigenvalue weighted by Gasteiger charge is 2.34. The van der Waals surface area contributed by atoms with Gasteiger partial charge in [0, 0.05) is 5.56 Å². The van der Waals surface area contributed by atoms with E-state index in [4.69, 9.17) is 42.8 Å². The second-order valence-corrected chi connectivity index (χ2v) is 8.39. The Kier molecular flexibility index (Phi) is 8.00. The molecule has 7 nitrogen and oxygen atoms in total. The van der Waals surface area contributed by atoms with Gasteiger partial charge in [-0.15, -0.1) is 0 Å². The number of ether oxygens (including phenoxy) is 4. The largest absolute Gasteiger partial charge is 0.495 e. The molecule has 168 valence electrons. The number of thiocarbonyl (C=S) groups is 1. The molecule has 1 aliphatic heterocycles. The third-order valence-electron chi connectivity index (χ3n) is 4.34. The number of methoxy groups -OCH3 is 2. The standard InChI is InChI=1S/C22H20ClNO6S2/c1-4-29-19(25)12-30-20-13(6-5-7-17(20)28-3)10-18-21(26)24(22(31)32-18)14-8-9-16(27-2)15(23)11-14/h5-11H,4,12H2,1-3H3/b18-10-. The van der Waals surface area contributed by atoms with Gasteiger partial charge >= 0.3 is 5.97 Å². The lowest BCUT2D eigenvalue weighted by Crippen LogP contribution is -2.27. The minimum atomic E-state index is -0.507. The van der Waals surface area contributed by atoms with Crippen molar-refractivity contribution in [2.45, 2.75) is 6.92 Å². The van der Waals surface area contributed by atoms with Crippen molar-refractivity contribution in [2.24, 2.45) is 0 Å². The molecule has 0 spiro atoms.